The molecule has 1 aromatic carbocycles. The van der Waals surface area contributed by atoms with Gasteiger partial charge >= 0.3 is 6.36 Å². The van der Waals surface area contributed by atoms with Gasteiger partial charge in [0.15, 0.2) is 0 Å². The van der Waals surface area contributed by atoms with Crippen LogP contribution in [0.2, 0.25) is 0 Å². The molecule has 0 aliphatic carbocycles. The Balaban J connectivity index is 2.84. The molecule has 0 saturated heterocycles. The maximum Gasteiger partial charge on any atom is 0.573 e. The first-order valence-corrected chi connectivity index (χ1v) is 4.72. The molecule has 0 heterocycles. The standard InChI is InChI=1S/C11H13F3O2/c1-10(2,7-15)8-3-5-9(6-4-8)16-11(12,13)14/h3-6,15H,7H2,1-2H3. The maximum absolute atomic E-state index is 11.9. The van der Waals surface area contributed by atoms with Gasteiger partial charge in [0.25, 0.3) is 0 Å². The van der Waals surface area contributed by atoms with E-state index in [0.29, 0.717) is 0 Å². The van der Waals surface area contributed by atoms with E-state index in [1.54, 1.807) is 13.8 Å². The van der Waals surface area contributed by atoms with E-state index < -0.39 is 11.8 Å². The van der Waals surface area contributed by atoms with Crippen molar-refractivity contribution in [2.45, 2.75) is 25.6 Å². The highest BCUT2D eigenvalue weighted by molar-refractivity contribution is 5.31. The summed E-state index contributed by atoms with van der Waals surface area (Å²) in [5, 5.41) is 9.09. The minimum absolute atomic E-state index is 0.0769. The third kappa shape index (κ3) is 3.41. The molecule has 90 valence electrons. The zero-order chi connectivity index (χ0) is 12.4. The van der Waals surface area contributed by atoms with Gasteiger partial charge in [-0.15, -0.1) is 13.2 Å². The Hall–Kier alpha value is -1.23. The van der Waals surface area contributed by atoms with Crippen LogP contribution in [0.25, 0.3) is 0 Å². The first-order valence-electron chi connectivity index (χ1n) is 4.72. The normalized spacial score (nSPS) is 12.6. The van der Waals surface area contributed by atoms with Gasteiger partial charge in [0, 0.05) is 5.41 Å². The van der Waals surface area contributed by atoms with Crippen LogP contribution in [-0.4, -0.2) is 18.1 Å². The number of benzene rings is 1. The molecule has 0 fully saturated rings. The van der Waals surface area contributed by atoms with Crippen molar-refractivity contribution in [2.75, 3.05) is 6.61 Å². The highest BCUT2D eigenvalue weighted by atomic mass is 19.4. The van der Waals surface area contributed by atoms with E-state index in [0.717, 1.165) is 5.56 Å². The van der Waals surface area contributed by atoms with E-state index in [1.807, 2.05) is 0 Å². The maximum atomic E-state index is 11.9. The third-order valence-electron chi connectivity index (χ3n) is 2.26. The second kappa shape index (κ2) is 4.33. The lowest BCUT2D eigenvalue weighted by molar-refractivity contribution is -0.274. The van der Waals surface area contributed by atoms with Gasteiger partial charge in [-0.3, -0.25) is 0 Å². The Labute approximate surface area is 91.7 Å². The smallest absolute Gasteiger partial charge is 0.406 e. The van der Waals surface area contributed by atoms with E-state index in [9.17, 15) is 13.2 Å². The summed E-state index contributed by atoms with van der Waals surface area (Å²) >= 11 is 0. The molecule has 0 amide bonds. The fourth-order valence-corrected chi connectivity index (χ4v) is 1.20. The lowest BCUT2D eigenvalue weighted by atomic mass is 9.86. The second-order valence-corrected chi connectivity index (χ2v) is 4.11. The van der Waals surface area contributed by atoms with Gasteiger partial charge in [0.05, 0.1) is 6.61 Å². The molecule has 0 aliphatic heterocycles. The van der Waals surface area contributed by atoms with Crippen LogP contribution in [-0.2, 0) is 5.41 Å². The third-order valence-corrected chi connectivity index (χ3v) is 2.26. The van der Waals surface area contributed by atoms with Gasteiger partial charge in [-0.05, 0) is 17.7 Å². The van der Waals surface area contributed by atoms with E-state index in [1.165, 1.54) is 24.3 Å². The predicted molar refractivity (Wildman–Crippen MR) is 53.2 cm³/mol. The largest absolute Gasteiger partial charge is 0.573 e. The summed E-state index contributed by atoms with van der Waals surface area (Å²) in [6, 6.07) is 5.50. The average molecular weight is 234 g/mol. The van der Waals surface area contributed by atoms with Gasteiger partial charge in [-0.1, -0.05) is 26.0 Å². The Morgan fingerprint density at radius 2 is 1.62 bits per heavy atom. The Kier molecular flexibility index (Phi) is 3.48. The molecule has 0 radical (unpaired) electrons. The van der Waals surface area contributed by atoms with Crippen LogP contribution in [0, 0.1) is 0 Å². The van der Waals surface area contributed by atoms with E-state index in [2.05, 4.69) is 4.74 Å². The van der Waals surface area contributed by atoms with Gasteiger partial charge < -0.3 is 9.84 Å². The van der Waals surface area contributed by atoms with Crippen LogP contribution < -0.4 is 4.74 Å². The number of alkyl halides is 3. The van der Waals surface area contributed by atoms with Crippen molar-refractivity contribution >= 4 is 0 Å². The zero-order valence-electron chi connectivity index (χ0n) is 9.01. The number of aliphatic hydroxyl groups excluding tert-OH is 1. The van der Waals surface area contributed by atoms with Crippen molar-refractivity contribution in [3.05, 3.63) is 29.8 Å². The number of hydrogen-bond acceptors (Lipinski definition) is 2. The fraction of sp³-hybridized carbons (Fsp3) is 0.455. The molecule has 1 N–H and O–H groups in total. The molecule has 1 rings (SSSR count). The van der Waals surface area contributed by atoms with Crippen molar-refractivity contribution < 1.29 is 23.0 Å². The van der Waals surface area contributed by atoms with Gasteiger partial charge in [0.1, 0.15) is 5.75 Å². The summed E-state index contributed by atoms with van der Waals surface area (Å²) in [6.07, 6.45) is -4.67. The quantitative estimate of drug-likeness (QED) is 0.871. The fourth-order valence-electron chi connectivity index (χ4n) is 1.20. The molecule has 0 spiro atoms. The van der Waals surface area contributed by atoms with Crippen LogP contribution >= 0.6 is 0 Å². The van der Waals surface area contributed by atoms with Crippen molar-refractivity contribution in [1.29, 1.82) is 0 Å². The van der Waals surface area contributed by atoms with E-state index in [-0.39, 0.29) is 12.4 Å². The lowest BCUT2D eigenvalue weighted by Crippen LogP contribution is -2.22. The molecule has 0 atom stereocenters. The molecule has 16 heavy (non-hydrogen) atoms. The molecule has 0 aromatic heterocycles. The van der Waals surface area contributed by atoms with Crippen LogP contribution in [0.4, 0.5) is 13.2 Å². The average Bonchev–Trinajstić information content (AvgIpc) is 2.16. The number of ether oxygens (including phenoxy) is 1. The Bertz CT molecular complexity index is 341. The van der Waals surface area contributed by atoms with Crippen LogP contribution in [0.15, 0.2) is 24.3 Å². The summed E-state index contributed by atoms with van der Waals surface area (Å²) in [5.41, 5.74) is 0.279. The number of halogens is 3. The second-order valence-electron chi connectivity index (χ2n) is 4.11. The molecular formula is C11H13F3O2. The van der Waals surface area contributed by atoms with Crippen molar-refractivity contribution in [2.24, 2.45) is 0 Å². The van der Waals surface area contributed by atoms with E-state index in [4.69, 9.17) is 5.11 Å². The molecule has 1 aromatic rings. The molecule has 0 unspecified atom stereocenters. The van der Waals surface area contributed by atoms with Crippen molar-refractivity contribution in [3.8, 4) is 5.75 Å². The lowest BCUT2D eigenvalue weighted by Gasteiger charge is -2.22. The Morgan fingerprint density at radius 3 is 2.00 bits per heavy atom. The Morgan fingerprint density at radius 1 is 1.12 bits per heavy atom. The minimum Gasteiger partial charge on any atom is -0.406 e. The number of rotatable bonds is 3. The van der Waals surface area contributed by atoms with Crippen molar-refractivity contribution in [3.63, 3.8) is 0 Å². The highest BCUT2D eigenvalue weighted by Crippen LogP contribution is 2.27. The van der Waals surface area contributed by atoms with Gasteiger partial charge in [0.2, 0.25) is 0 Å². The number of hydrogen-bond donors (Lipinski definition) is 1. The van der Waals surface area contributed by atoms with Crippen LogP contribution in [0.1, 0.15) is 19.4 Å². The minimum atomic E-state index is -4.67. The summed E-state index contributed by atoms with van der Waals surface area (Å²) < 4.78 is 39.4. The van der Waals surface area contributed by atoms with E-state index >= 15 is 0 Å². The summed E-state index contributed by atoms with van der Waals surface area (Å²) in [6.45, 7) is 3.52. The zero-order valence-corrected chi connectivity index (χ0v) is 9.01. The molecule has 0 bridgehead atoms. The SMILES string of the molecule is CC(C)(CO)c1ccc(OC(F)(F)F)cc1. The first kappa shape index (κ1) is 12.8. The predicted octanol–water partition coefficient (Wildman–Crippen LogP) is 2.86. The summed E-state index contributed by atoms with van der Waals surface area (Å²) in [7, 11) is 0. The summed E-state index contributed by atoms with van der Waals surface area (Å²) in [5.74, 6) is -0.259. The van der Waals surface area contributed by atoms with Crippen LogP contribution in [0.5, 0.6) is 5.75 Å². The molecular weight excluding hydrogens is 221 g/mol. The highest BCUT2D eigenvalue weighted by Gasteiger charge is 2.31. The molecule has 5 heteroatoms. The number of aliphatic hydroxyl groups is 1. The molecule has 2 nitrogen and oxygen atoms in total. The topological polar surface area (TPSA) is 29.5 Å². The molecule has 0 aliphatic rings. The van der Waals surface area contributed by atoms with Gasteiger partial charge in [-0.2, -0.15) is 0 Å². The van der Waals surface area contributed by atoms with Crippen LogP contribution in [0.3, 0.4) is 0 Å². The van der Waals surface area contributed by atoms with Gasteiger partial charge in [-0.25, -0.2) is 0 Å². The summed E-state index contributed by atoms with van der Waals surface area (Å²) in [4.78, 5) is 0. The molecule has 0 saturated carbocycles. The van der Waals surface area contributed by atoms with Crippen molar-refractivity contribution in [1.82, 2.24) is 0 Å². The monoisotopic (exact) mass is 234 g/mol. The first-order chi connectivity index (χ1) is 7.24.